The second-order valence-corrected chi connectivity index (χ2v) is 3.89. The molecule has 0 unspecified atom stereocenters. The van der Waals surface area contributed by atoms with Crippen LogP contribution in [0.25, 0.3) is 0 Å². The number of rotatable bonds is 3. The van der Waals surface area contributed by atoms with Crippen LogP contribution in [0.1, 0.15) is 11.1 Å². The van der Waals surface area contributed by atoms with Crippen molar-refractivity contribution < 1.29 is 4.92 Å². The van der Waals surface area contributed by atoms with Crippen molar-refractivity contribution in [2.24, 2.45) is 4.99 Å². The van der Waals surface area contributed by atoms with Gasteiger partial charge in [0.1, 0.15) is 5.69 Å². The number of hydrogen-bond donors (Lipinski definition) is 0. The highest BCUT2D eigenvalue weighted by atomic mass is 16.6. The Kier molecular flexibility index (Phi) is 3.60. The Morgan fingerprint density at radius 1 is 1.31 bits per heavy atom. The zero-order valence-electron chi connectivity index (χ0n) is 9.89. The molecule has 0 spiro atoms. The Labute approximate surface area is 94.6 Å². The molecule has 86 valence electrons. The van der Waals surface area contributed by atoms with Crippen LogP contribution in [-0.2, 0) is 0 Å². The maximum Gasteiger partial charge on any atom is 0.295 e. The molecule has 0 heterocycles. The molecule has 0 saturated heterocycles. The number of nitrogens with zero attached hydrogens (tertiary/aromatic N) is 3. The molecule has 1 aromatic rings. The lowest BCUT2D eigenvalue weighted by Crippen LogP contribution is -2.07. The fourth-order valence-corrected chi connectivity index (χ4v) is 1.21. The van der Waals surface area contributed by atoms with E-state index in [1.165, 1.54) is 0 Å². The minimum absolute atomic E-state index is 0.0428. The number of benzene rings is 1. The van der Waals surface area contributed by atoms with Gasteiger partial charge in [0.25, 0.3) is 5.69 Å². The normalized spacial score (nSPS) is 10.8. The number of aryl methyl sites for hydroxylation is 2. The van der Waals surface area contributed by atoms with Gasteiger partial charge in [-0.05, 0) is 31.0 Å². The third-order valence-electron chi connectivity index (χ3n) is 2.22. The van der Waals surface area contributed by atoms with Crippen LogP contribution in [0.2, 0.25) is 0 Å². The van der Waals surface area contributed by atoms with E-state index in [1.54, 1.807) is 23.4 Å². The summed E-state index contributed by atoms with van der Waals surface area (Å²) in [7, 11) is 3.63. The molecule has 0 bridgehead atoms. The van der Waals surface area contributed by atoms with Crippen molar-refractivity contribution >= 4 is 17.7 Å². The van der Waals surface area contributed by atoms with Gasteiger partial charge in [0.2, 0.25) is 0 Å². The maximum absolute atomic E-state index is 10.8. The van der Waals surface area contributed by atoms with E-state index in [9.17, 15) is 10.1 Å². The molecule has 0 amide bonds. The molecular weight excluding hydrogens is 206 g/mol. The highest BCUT2D eigenvalue weighted by Crippen LogP contribution is 2.30. The van der Waals surface area contributed by atoms with Gasteiger partial charge >= 0.3 is 0 Å². The van der Waals surface area contributed by atoms with E-state index >= 15 is 0 Å². The zero-order valence-corrected chi connectivity index (χ0v) is 9.89. The molecular formula is C11H15N3O2. The Morgan fingerprint density at radius 3 is 2.38 bits per heavy atom. The molecule has 0 radical (unpaired) electrons. The summed E-state index contributed by atoms with van der Waals surface area (Å²) >= 11 is 0. The number of aliphatic imine (C=N–C) groups is 1. The molecule has 0 N–H and O–H groups in total. The highest BCUT2D eigenvalue weighted by Gasteiger charge is 2.14. The van der Waals surface area contributed by atoms with Gasteiger partial charge in [-0.2, -0.15) is 0 Å². The summed E-state index contributed by atoms with van der Waals surface area (Å²) in [6, 6.07) is 3.28. The van der Waals surface area contributed by atoms with E-state index in [4.69, 9.17) is 0 Å². The number of nitro benzene ring substituents is 1. The molecule has 0 aliphatic rings. The first-order chi connectivity index (χ1) is 7.41. The molecule has 0 fully saturated rings. The summed E-state index contributed by atoms with van der Waals surface area (Å²) in [5.41, 5.74) is 2.33. The van der Waals surface area contributed by atoms with Gasteiger partial charge in [-0.1, -0.05) is 0 Å². The van der Waals surface area contributed by atoms with Gasteiger partial charge in [-0.3, -0.25) is 10.1 Å². The molecule has 0 aliphatic carbocycles. The van der Waals surface area contributed by atoms with Crippen molar-refractivity contribution in [2.45, 2.75) is 13.8 Å². The lowest BCUT2D eigenvalue weighted by molar-refractivity contribution is -0.384. The standard InChI is InChI=1S/C11H15N3O2/c1-8-5-10(12-7-13(3)4)11(14(15)16)6-9(8)2/h5-7H,1-4H3. The fourth-order valence-electron chi connectivity index (χ4n) is 1.21. The van der Waals surface area contributed by atoms with E-state index in [2.05, 4.69) is 4.99 Å². The van der Waals surface area contributed by atoms with Crippen molar-refractivity contribution in [2.75, 3.05) is 14.1 Å². The van der Waals surface area contributed by atoms with Crippen LogP contribution in [0.5, 0.6) is 0 Å². The minimum atomic E-state index is -0.408. The van der Waals surface area contributed by atoms with Crippen LogP contribution < -0.4 is 0 Å². The van der Waals surface area contributed by atoms with E-state index < -0.39 is 4.92 Å². The predicted octanol–water partition coefficient (Wildman–Crippen LogP) is 2.43. The average molecular weight is 221 g/mol. The first-order valence-electron chi connectivity index (χ1n) is 4.88. The van der Waals surface area contributed by atoms with E-state index in [0.29, 0.717) is 5.69 Å². The van der Waals surface area contributed by atoms with Crippen molar-refractivity contribution in [1.82, 2.24) is 4.90 Å². The van der Waals surface area contributed by atoms with Crippen molar-refractivity contribution in [1.29, 1.82) is 0 Å². The van der Waals surface area contributed by atoms with Crippen LogP contribution in [0, 0.1) is 24.0 Å². The van der Waals surface area contributed by atoms with Gasteiger partial charge in [0.15, 0.2) is 0 Å². The molecule has 0 aromatic heterocycles. The van der Waals surface area contributed by atoms with Gasteiger partial charge in [0, 0.05) is 20.2 Å². The van der Waals surface area contributed by atoms with Crippen LogP contribution in [0.3, 0.4) is 0 Å². The Balaban J connectivity index is 3.25. The van der Waals surface area contributed by atoms with E-state index in [0.717, 1.165) is 11.1 Å². The summed E-state index contributed by atoms with van der Waals surface area (Å²) in [6.45, 7) is 3.76. The first-order valence-corrected chi connectivity index (χ1v) is 4.88. The molecule has 1 rings (SSSR count). The SMILES string of the molecule is Cc1cc(N=CN(C)C)c([N+](=O)[O-])cc1C. The largest absolute Gasteiger partial charge is 0.369 e. The second kappa shape index (κ2) is 4.74. The van der Waals surface area contributed by atoms with Crippen molar-refractivity contribution in [3.63, 3.8) is 0 Å². The zero-order chi connectivity index (χ0) is 12.3. The van der Waals surface area contributed by atoms with Crippen LogP contribution in [0.15, 0.2) is 17.1 Å². The molecule has 0 saturated carbocycles. The molecule has 1 aromatic carbocycles. The molecule has 5 nitrogen and oxygen atoms in total. The number of nitro groups is 1. The van der Waals surface area contributed by atoms with E-state index in [1.807, 2.05) is 27.9 Å². The van der Waals surface area contributed by atoms with Crippen molar-refractivity contribution in [3.8, 4) is 0 Å². The van der Waals surface area contributed by atoms with Gasteiger partial charge in [-0.15, -0.1) is 0 Å². The predicted molar refractivity (Wildman–Crippen MR) is 64.4 cm³/mol. The smallest absolute Gasteiger partial charge is 0.295 e. The van der Waals surface area contributed by atoms with Gasteiger partial charge in [0.05, 0.1) is 11.3 Å². The van der Waals surface area contributed by atoms with Crippen LogP contribution in [0.4, 0.5) is 11.4 Å². The topological polar surface area (TPSA) is 58.7 Å². The van der Waals surface area contributed by atoms with Gasteiger partial charge < -0.3 is 4.90 Å². The van der Waals surface area contributed by atoms with Crippen LogP contribution >= 0.6 is 0 Å². The quantitative estimate of drug-likeness (QED) is 0.341. The summed E-state index contributed by atoms with van der Waals surface area (Å²) in [5, 5.41) is 10.8. The second-order valence-electron chi connectivity index (χ2n) is 3.89. The fraction of sp³-hybridized carbons (Fsp3) is 0.364. The number of hydrogen-bond acceptors (Lipinski definition) is 3. The summed E-state index contributed by atoms with van der Waals surface area (Å²) in [5.74, 6) is 0. The Morgan fingerprint density at radius 2 is 1.88 bits per heavy atom. The lowest BCUT2D eigenvalue weighted by atomic mass is 10.1. The summed E-state index contributed by atoms with van der Waals surface area (Å²) in [6.07, 6.45) is 1.55. The van der Waals surface area contributed by atoms with Crippen LogP contribution in [-0.4, -0.2) is 30.3 Å². The summed E-state index contributed by atoms with van der Waals surface area (Å²) < 4.78 is 0. The Bertz CT molecular complexity index is 439. The molecule has 0 aliphatic heterocycles. The third-order valence-corrected chi connectivity index (χ3v) is 2.22. The maximum atomic E-state index is 10.8. The van der Waals surface area contributed by atoms with Crippen molar-refractivity contribution in [3.05, 3.63) is 33.4 Å². The lowest BCUT2D eigenvalue weighted by Gasteiger charge is -2.05. The molecule has 16 heavy (non-hydrogen) atoms. The summed E-state index contributed by atoms with van der Waals surface area (Å²) in [4.78, 5) is 16.3. The molecule has 5 heteroatoms. The monoisotopic (exact) mass is 221 g/mol. The van der Waals surface area contributed by atoms with E-state index in [-0.39, 0.29) is 5.69 Å². The average Bonchev–Trinajstić information content (AvgIpc) is 2.18. The Hall–Kier alpha value is -1.91. The molecule has 0 atom stereocenters. The highest BCUT2D eigenvalue weighted by molar-refractivity contribution is 5.68. The first kappa shape index (κ1) is 12.2. The minimum Gasteiger partial charge on any atom is -0.369 e. The third kappa shape index (κ3) is 2.79. The van der Waals surface area contributed by atoms with Gasteiger partial charge in [-0.25, -0.2) is 4.99 Å².